The molecule has 1 saturated carbocycles. The summed E-state index contributed by atoms with van der Waals surface area (Å²) in [6.07, 6.45) is 3.64. The minimum atomic E-state index is 0.183. The third-order valence-electron chi connectivity index (χ3n) is 4.97. The van der Waals surface area contributed by atoms with E-state index in [0.29, 0.717) is 6.61 Å². The van der Waals surface area contributed by atoms with E-state index in [2.05, 4.69) is 44.9 Å². The van der Waals surface area contributed by atoms with Gasteiger partial charge in [0.15, 0.2) is 0 Å². The van der Waals surface area contributed by atoms with E-state index in [1.165, 1.54) is 41.5 Å². The zero-order valence-electron chi connectivity index (χ0n) is 12.8. The smallest absolute Gasteiger partial charge is 0.0499 e. The first-order valence-electron chi connectivity index (χ1n) is 7.32. The van der Waals surface area contributed by atoms with Crippen LogP contribution in [0.4, 0.5) is 0 Å². The van der Waals surface area contributed by atoms with Crippen LogP contribution in [0, 0.1) is 26.2 Å². The van der Waals surface area contributed by atoms with Crippen LogP contribution in [0.1, 0.15) is 41.5 Å². The highest BCUT2D eigenvalue weighted by molar-refractivity contribution is 5.38. The summed E-state index contributed by atoms with van der Waals surface area (Å²) in [5.74, 6) is 0. The van der Waals surface area contributed by atoms with E-state index in [1.54, 1.807) is 0 Å². The van der Waals surface area contributed by atoms with Gasteiger partial charge in [0.2, 0.25) is 0 Å². The molecule has 1 fully saturated rings. The molecule has 106 valence electrons. The number of nitrogens with zero attached hydrogens (tertiary/aromatic N) is 1. The maximum absolute atomic E-state index is 9.56. The van der Waals surface area contributed by atoms with E-state index in [-0.39, 0.29) is 5.41 Å². The van der Waals surface area contributed by atoms with Crippen molar-refractivity contribution in [1.29, 1.82) is 0 Å². The minimum absolute atomic E-state index is 0.183. The van der Waals surface area contributed by atoms with Gasteiger partial charge in [-0.2, -0.15) is 0 Å². The second-order valence-electron chi connectivity index (χ2n) is 6.48. The van der Waals surface area contributed by atoms with Crippen LogP contribution in [0.15, 0.2) is 12.1 Å². The average molecular weight is 261 g/mol. The summed E-state index contributed by atoms with van der Waals surface area (Å²) in [5.41, 5.74) is 5.79. The van der Waals surface area contributed by atoms with E-state index < -0.39 is 0 Å². The van der Waals surface area contributed by atoms with E-state index >= 15 is 0 Å². The lowest BCUT2D eigenvalue weighted by Gasteiger charge is -2.43. The molecule has 0 unspecified atom stereocenters. The highest BCUT2D eigenvalue weighted by Gasteiger charge is 2.37. The maximum atomic E-state index is 9.56. The number of hydrogen-bond acceptors (Lipinski definition) is 2. The van der Waals surface area contributed by atoms with Gasteiger partial charge < -0.3 is 10.0 Å². The molecule has 2 nitrogen and oxygen atoms in total. The number of hydrogen-bond donors (Lipinski definition) is 1. The van der Waals surface area contributed by atoms with Gasteiger partial charge in [-0.25, -0.2) is 0 Å². The van der Waals surface area contributed by atoms with Gasteiger partial charge in [-0.1, -0.05) is 18.6 Å². The zero-order chi connectivity index (χ0) is 14.0. The lowest BCUT2D eigenvalue weighted by molar-refractivity contribution is 0.0127. The fourth-order valence-electron chi connectivity index (χ4n) is 3.15. The quantitative estimate of drug-likeness (QED) is 0.880. The number of aliphatic hydroxyl groups excluding tert-OH is 1. The molecule has 0 aliphatic heterocycles. The Hall–Kier alpha value is -0.860. The van der Waals surface area contributed by atoms with E-state index in [4.69, 9.17) is 0 Å². The largest absolute Gasteiger partial charge is 0.396 e. The molecule has 1 N–H and O–H groups in total. The number of aliphatic hydroxyl groups is 1. The Morgan fingerprint density at radius 3 is 2.37 bits per heavy atom. The Labute approximate surface area is 117 Å². The highest BCUT2D eigenvalue weighted by Crippen LogP contribution is 2.41. The highest BCUT2D eigenvalue weighted by atomic mass is 16.3. The van der Waals surface area contributed by atoms with Gasteiger partial charge in [0.1, 0.15) is 0 Å². The molecule has 0 saturated heterocycles. The van der Waals surface area contributed by atoms with Crippen molar-refractivity contribution < 1.29 is 5.11 Å². The minimum Gasteiger partial charge on any atom is -0.396 e. The van der Waals surface area contributed by atoms with Crippen LogP contribution in [0.2, 0.25) is 0 Å². The molecule has 0 atom stereocenters. The van der Waals surface area contributed by atoms with Gasteiger partial charge in [-0.3, -0.25) is 0 Å². The van der Waals surface area contributed by atoms with Crippen molar-refractivity contribution in [2.24, 2.45) is 5.41 Å². The third kappa shape index (κ3) is 3.01. The summed E-state index contributed by atoms with van der Waals surface area (Å²) >= 11 is 0. The average Bonchev–Trinajstić information content (AvgIpc) is 2.35. The third-order valence-corrected chi connectivity index (χ3v) is 4.97. The van der Waals surface area contributed by atoms with Gasteiger partial charge in [0, 0.05) is 25.1 Å². The van der Waals surface area contributed by atoms with Crippen LogP contribution in [-0.2, 0) is 6.54 Å². The summed E-state index contributed by atoms with van der Waals surface area (Å²) in [6, 6.07) is 4.47. The van der Waals surface area contributed by atoms with Crippen molar-refractivity contribution >= 4 is 0 Å². The van der Waals surface area contributed by atoms with Gasteiger partial charge in [0.25, 0.3) is 0 Å². The van der Waals surface area contributed by atoms with Gasteiger partial charge in [-0.15, -0.1) is 0 Å². The first-order valence-corrected chi connectivity index (χ1v) is 7.32. The fraction of sp³-hybridized carbons (Fsp3) is 0.647. The molecule has 0 spiro atoms. The second kappa shape index (κ2) is 5.64. The Kier molecular flexibility index (Phi) is 4.32. The molecule has 19 heavy (non-hydrogen) atoms. The predicted molar refractivity (Wildman–Crippen MR) is 80.4 cm³/mol. The van der Waals surface area contributed by atoms with Crippen LogP contribution in [0.3, 0.4) is 0 Å². The van der Waals surface area contributed by atoms with Crippen molar-refractivity contribution in [3.63, 3.8) is 0 Å². The monoisotopic (exact) mass is 261 g/mol. The summed E-state index contributed by atoms with van der Waals surface area (Å²) in [7, 11) is 2.17. The fourth-order valence-corrected chi connectivity index (χ4v) is 3.15. The van der Waals surface area contributed by atoms with Crippen molar-refractivity contribution in [2.45, 2.75) is 46.6 Å². The number of rotatable bonds is 5. The summed E-state index contributed by atoms with van der Waals surface area (Å²) < 4.78 is 0. The second-order valence-corrected chi connectivity index (χ2v) is 6.48. The summed E-state index contributed by atoms with van der Waals surface area (Å²) in [6.45, 7) is 8.92. The Bertz CT molecular complexity index is 443. The number of benzene rings is 1. The topological polar surface area (TPSA) is 23.5 Å². The molecule has 0 radical (unpaired) electrons. The van der Waals surface area contributed by atoms with Crippen molar-refractivity contribution in [2.75, 3.05) is 20.2 Å². The Morgan fingerprint density at radius 1 is 1.16 bits per heavy atom. The standard InChI is InChI=1S/C17H27NO/c1-13-6-7-16(15(3)14(13)2)10-18(4)11-17(12-19)8-5-9-17/h6-7,19H,5,8-12H2,1-4H3. The molecule has 1 aromatic rings. The Morgan fingerprint density at radius 2 is 1.84 bits per heavy atom. The lowest BCUT2D eigenvalue weighted by Crippen LogP contribution is -2.43. The van der Waals surface area contributed by atoms with Gasteiger partial charge in [0.05, 0.1) is 0 Å². The number of aryl methyl sites for hydroxylation is 1. The summed E-state index contributed by atoms with van der Waals surface area (Å²) in [4.78, 5) is 2.37. The van der Waals surface area contributed by atoms with Crippen LogP contribution in [-0.4, -0.2) is 30.2 Å². The van der Waals surface area contributed by atoms with Crippen molar-refractivity contribution in [1.82, 2.24) is 4.90 Å². The molecule has 2 rings (SSSR count). The van der Waals surface area contributed by atoms with Crippen molar-refractivity contribution in [3.05, 3.63) is 34.4 Å². The molecule has 0 aromatic heterocycles. The molecule has 1 aromatic carbocycles. The van der Waals surface area contributed by atoms with E-state index in [9.17, 15) is 5.11 Å². The molecule has 0 bridgehead atoms. The zero-order valence-corrected chi connectivity index (χ0v) is 12.8. The predicted octanol–water partition coefficient (Wildman–Crippen LogP) is 3.21. The van der Waals surface area contributed by atoms with Gasteiger partial charge in [-0.05, 0) is 62.9 Å². The van der Waals surface area contributed by atoms with Crippen LogP contribution < -0.4 is 0 Å². The molecular formula is C17H27NO. The molecule has 1 aliphatic rings. The van der Waals surface area contributed by atoms with Crippen LogP contribution >= 0.6 is 0 Å². The molecule has 0 amide bonds. The lowest BCUT2D eigenvalue weighted by atomic mass is 9.69. The normalized spacial score (nSPS) is 17.6. The van der Waals surface area contributed by atoms with Crippen LogP contribution in [0.25, 0.3) is 0 Å². The van der Waals surface area contributed by atoms with Crippen LogP contribution in [0.5, 0.6) is 0 Å². The molecule has 1 aliphatic carbocycles. The molecular weight excluding hydrogens is 234 g/mol. The molecule has 2 heteroatoms. The first kappa shape index (κ1) is 14.5. The summed E-state index contributed by atoms with van der Waals surface area (Å²) in [5, 5.41) is 9.56. The van der Waals surface area contributed by atoms with Gasteiger partial charge >= 0.3 is 0 Å². The van der Waals surface area contributed by atoms with E-state index in [0.717, 1.165) is 13.1 Å². The maximum Gasteiger partial charge on any atom is 0.0499 e. The van der Waals surface area contributed by atoms with Crippen molar-refractivity contribution in [3.8, 4) is 0 Å². The SMILES string of the molecule is Cc1ccc(CN(C)CC2(CO)CCC2)c(C)c1C. The molecule has 0 heterocycles. The Balaban J connectivity index is 2.03. The van der Waals surface area contributed by atoms with E-state index in [1.807, 2.05) is 0 Å². The first-order chi connectivity index (χ1) is 8.97.